The van der Waals surface area contributed by atoms with Crippen molar-refractivity contribution < 1.29 is 24.1 Å². The zero-order valence-electron chi connectivity index (χ0n) is 10.4. The minimum atomic E-state index is -0.744. The van der Waals surface area contributed by atoms with E-state index in [2.05, 4.69) is 0 Å². The lowest BCUT2D eigenvalue weighted by molar-refractivity contribution is 0.202. The maximum atomic E-state index is 11.6. The van der Waals surface area contributed by atoms with Gasteiger partial charge in [0.1, 0.15) is 23.3 Å². The van der Waals surface area contributed by atoms with Crippen LogP contribution in [0.1, 0.15) is 6.92 Å². The molecule has 0 amide bonds. The summed E-state index contributed by atoms with van der Waals surface area (Å²) in [5, 5.41) is 19.1. The molecule has 0 radical (unpaired) electrons. The van der Waals surface area contributed by atoms with Crippen molar-refractivity contribution in [3.63, 3.8) is 0 Å². The van der Waals surface area contributed by atoms with Crippen molar-refractivity contribution in [2.75, 3.05) is 19.8 Å². The van der Waals surface area contributed by atoms with Gasteiger partial charge in [0.05, 0.1) is 13.2 Å². The van der Waals surface area contributed by atoms with Gasteiger partial charge in [-0.2, -0.15) is 0 Å². The van der Waals surface area contributed by atoms with Crippen LogP contribution in [0.15, 0.2) is 27.4 Å². The van der Waals surface area contributed by atoms with Crippen molar-refractivity contribution in [3.8, 4) is 17.2 Å². The molecule has 0 bridgehead atoms. The Morgan fingerprint density at radius 2 is 2.11 bits per heavy atom. The molecular weight excluding hydrogens is 252 g/mol. The summed E-state index contributed by atoms with van der Waals surface area (Å²) >= 11 is 0. The molecule has 6 heteroatoms. The summed E-state index contributed by atoms with van der Waals surface area (Å²) in [5.41, 5.74) is -0.549. The molecule has 2 rings (SSSR count). The van der Waals surface area contributed by atoms with E-state index in [0.717, 1.165) is 0 Å². The van der Waals surface area contributed by atoms with Crippen LogP contribution in [-0.2, 0) is 0 Å². The van der Waals surface area contributed by atoms with Gasteiger partial charge in [0, 0.05) is 0 Å². The van der Waals surface area contributed by atoms with Crippen molar-refractivity contribution in [1.29, 1.82) is 0 Å². The molecule has 1 aromatic heterocycles. The van der Waals surface area contributed by atoms with Crippen LogP contribution in [0.4, 0.5) is 0 Å². The van der Waals surface area contributed by atoms with E-state index in [-0.39, 0.29) is 42.3 Å². The maximum Gasteiger partial charge on any atom is 0.383 e. The molecule has 0 aliphatic carbocycles. The van der Waals surface area contributed by atoms with E-state index in [9.17, 15) is 9.90 Å². The number of aliphatic hydroxyl groups is 1. The van der Waals surface area contributed by atoms with E-state index in [1.165, 1.54) is 6.07 Å². The first-order valence-electron chi connectivity index (χ1n) is 5.84. The summed E-state index contributed by atoms with van der Waals surface area (Å²) in [6.45, 7) is 1.83. The smallest absolute Gasteiger partial charge is 0.383 e. The molecule has 0 unspecified atom stereocenters. The topological polar surface area (TPSA) is 89.1 Å². The summed E-state index contributed by atoms with van der Waals surface area (Å²) in [5.74, 6) is -0.245. The number of rotatable bonds is 5. The number of fused-ring (bicyclic) bond motifs is 1. The number of hydrogen-bond donors (Lipinski definition) is 2. The summed E-state index contributed by atoms with van der Waals surface area (Å²) in [7, 11) is 0. The molecule has 0 saturated carbocycles. The van der Waals surface area contributed by atoms with Crippen molar-refractivity contribution >= 4 is 11.0 Å². The minimum Gasteiger partial charge on any atom is -0.503 e. The van der Waals surface area contributed by atoms with Crippen molar-refractivity contribution in [2.24, 2.45) is 0 Å². The molecular formula is C13H14O6. The fourth-order valence-electron chi connectivity index (χ4n) is 1.73. The van der Waals surface area contributed by atoms with E-state index >= 15 is 0 Å². The van der Waals surface area contributed by atoms with Crippen LogP contribution < -0.4 is 15.1 Å². The molecule has 19 heavy (non-hydrogen) atoms. The van der Waals surface area contributed by atoms with Gasteiger partial charge in [-0.3, -0.25) is 0 Å². The standard InChI is InChI=1S/C13H14O6/c1-2-17-12-11(15)10-8(18-7-6-14)4-3-5-9(10)19-13(12)16/h3-5,14-15H,2,6-7H2,1H3. The highest BCUT2D eigenvalue weighted by Gasteiger charge is 2.18. The fourth-order valence-corrected chi connectivity index (χ4v) is 1.73. The average molecular weight is 266 g/mol. The highest BCUT2D eigenvalue weighted by molar-refractivity contribution is 5.91. The van der Waals surface area contributed by atoms with Gasteiger partial charge in [-0.15, -0.1) is 0 Å². The predicted octanol–water partition coefficient (Wildman–Crippen LogP) is 1.27. The Labute approximate surface area is 108 Å². The Bertz CT molecular complexity index is 631. The van der Waals surface area contributed by atoms with Crippen LogP contribution in [0, 0.1) is 0 Å². The Morgan fingerprint density at radius 1 is 1.32 bits per heavy atom. The third-order valence-electron chi connectivity index (χ3n) is 2.47. The second-order valence-corrected chi connectivity index (χ2v) is 3.70. The molecule has 0 atom stereocenters. The van der Waals surface area contributed by atoms with Gasteiger partial charge in [-0.25, -0.2) is 4.79 Å². The summed E-state index contributed by atoms with van der Waals surface area (Å²) in [6, 6.07) is 4.77. The largest absolute Gasteiger partial charge is 0.503 e. The quantitative estimate of drug-likeness (QED) is 0.792. The van der Waals surface area contributed by atoms with Gasteiger partial charge in [0.25, 0.3) is 0 Å². The molecule has 0 spiro atoms. The Hall–Kier alpha value is -2.21. The molecule has 0 aliphatic rings. The third kappa shape index (κ3) is 2.48. The Kier molecular flexibility index (Phi) is 3.91. The lowest BCUT2D eigenvalue weighted by Crippen LogP contribution is -2.08. The first kappa shape index (κ1) is 13.2. The SMILES string of the molecule is CCOc1c(O)c2c(OCCO)cccc2oc1=O. The predicted molar refractivity (Wildman–Crippen MR) is 67.9 cm³/mol. The van der Waals surface area contributed by atoms with Gasteiger partial charge >= 0.3 is 5.63 Å². The summed E-state index contributed by atoms with van der Waals surface area (Å²) in [4.78, 5) is 11.6. The zero-order chi connectivity index (χ0) is 13.8. The van der Waals surface area contributed by atoms with E-state index in [0.29, 0.717) is 5.75 Å². The normalized spacial score (nSPS) is 10.6. The van der Waals surface area contributed by atoms with Gasteiger partial charge in [-0.05, 0) is 19.1 Å². The summed E-state index contributed by atoms with van der Waals surface area (Å²) < 4.78 is 15.4. The van der Waals surface area contributed by atoms with Crippen molar-refractivity contribution in [3.05, 3.63) is 28.6 Å². The van der Waals surface area contributed by atoms with Crippen LogP contribution in [0.3, 0.4) is 0 Å². The maximum absolute atomic E-state index is 11.6. The van der Waals surface area contributed by atoms with Crippen molar-refractivity contribution in [1.82, 2.24) is 0 Å². The lowest BCUT2D eigenvalue weighted by atomic mass is 10.2. The number of aromatic hydroxyl groups is 1. The molecule has 1 aromatic carbocycles. The van der Waals surface area contributed by atoms with Gasteiger partial charge in [-0.1, -0.05) is 6.07 Å². The monoisotopic (exact) mass is 266 g/mol. The Balaban J connectivity index is 2.65. The minimum absolute atomic E-state index is 0.0711. The fraction of sp³-hybridized carbons (Fsp3) is 0.308. The molecule has 1 heterocycles. The second kappa shape index (κ2) is 5.62. The lowest BCUT2D eigenvalue weighted by Gasteiger charge is -2.10. The molecule has 102 valence electrons. The highest BCUT2D eigenvalue weighted by Crippen LogP contribution is 2.37. The van der Waals surface area contributed by atoms with Crippen LogP contribution in [0.25, 0.3) is 11.0 Å². The van der Waals surface area contributed by atoms with Gasteiger partial charge in [0.15, 0.2) is 5.75 Å². The van der Waals surface area contributed by atoms with E-state index in [1.807, 2.05) is 0 Å². The molecule has 2 aromatic rings. The first-order chi connectivity index (χ1) is 9.19. The number of hydrogen-bond acceptors (Lipinski definition) is 6. The number of aliphatic hydroxyl groups excluding tert-OH is 1. The zero-order valence-corrected chi connectivity index (χ0v) is 10.4. The van der Waals surface area contributed by atoms with Crippen LogP contribution in [-0.4, -0.2) is 30.0 Å². The second-order valence-electron chi connectivity index (χ2n) is 3.70. The van der Waals surface area contributed by atoms with E-state index < -0.39 is 5.63 Å². The number of benzene rings is 1. The molecule has 0 aliphatic heterocycles. The molecule has 2 N–H and O–H groups in total. The molecule has 0 fully saturated rings. The molecule has 6 nitrogen and oxygen atoms in total. The van der Waals surface area contributed by atoms with Crippen LogP contribution in [0.2, 0.25) is 0 Å². The van der Waals surface area contributed by atoms with Gasteiger partial charge < -0.3 is 24.1 Å². The van der Waals surface area contributed by atoms with E-state index in [4.69, 9.17) is 19.0 Å². The van der Waals surface area contributed by atoms with E-state index in [1.54, 1.807) is 19.1 Å². The van der Waals surface area contributed by atoms with Crippen LogP contribution >= 0.6 is 0 Å². The molecule has 0 saturated heterocycles. The number of ether oxygens (including phenoxy) is 2. The van der Waals surface area contributed by atoms with Gasteiger partial charge in [0.2, 0.25) is 5.75 Å². The third-order valence-corrected chi connectivity index (χ3v) is 2.47. The average Bonchev–Trinajstić information content (AvgIpc) is 2.40. The summed E-state index contributed by atoms with van der Waals surface area (Å²) in [6.07, 6.45) is 0. The van der Waals surface area contributed by atoms with Crippen LogP contribution in [0.5, 0.6) is 17.2 Å². The Morgan fingerprint density at radius 3 is 2.79 bits per heavy atom. The first-order valence-corrected chi connectivity index (χ1v) is 5.84. The van der Waals surface area contributed by atoms with Crippen molar-refractivity contribution in [2.45, 2.75) is 6.92 Å². The highest BCUT2D eigenvalue weighted by atomic mass is 16.5.